The van der Waals surface area contributed by atoms with Gasteiger partial charge in [-0.3, -0.25) is 0 Å². The zero-order valence-electron chi connectivity index (χ0n) is 5.42. The highest BCUT2D eigenvalue weighted by Gasteiger charge is 1.96. The molecule has 0 amide bonds. The van der Waals surface area contributed by atoms with Crippen molar-refractivity contribution in [3.63, 3.8) is 0 Å². The van der Waals surface area contributed by atoms with Crippen molar-refractivity contribution in [1.29, 1.82) is 0 Å². The highest BCUT2D eigenvalue weighted by atomic mass is 16.3. The summed E-state index contributed by atoms with van der Waals surface area (Å²) in [5.74, 6) is 0.760. The van der Waals surface area contributed by atoms with Crippen LogP contribution >= 0.6 is 0 Å². The maximum absolute atomic E-state index is 5.30. The second-order valence-electron chi connectivity index (χ2n) is 1.79. The Labute approximate surface area is 53.9 Å². The van der Waals surface area contributed by atoms with Crippen LogP contribution in [0.15, 0.2) is 10.7 Å². The maximum Gasteiger partial charge on any atom is 0.193 e. The molecule has 0 bridgehead atoms. The first-order valence-corrected chi connectivity index (χ1v) is 3.00. The van der Waals surface area contributed by atoms with E-state index >= 15 is 0 Å². The Kier molecular flexibility index (Phi) is 1.85. The number of nitrogens with zero attached hydrogens (tertiary/aromatic N) is 1. The minimum absolute atomic E-state index is 0.462. The first-order chi connectivity index (χ1) is 4.36. The first kappa shape index (κ1) is 6.29. The molecule has 3 heteroatoms. The molecule has 9 heavy (non-hydrogen) atoms. The van der Waals surface area contributed by atoms with Crippen molar-refractivity contribution in [1.82, 2.24) is 4.98 Å². The van der Waals surface area contributed by atoms with E-state index in [0.29, 0.717) is 6.54 Å². The van der Waals surface area contributed by atoms with E-state index in [2.05, 4.69) is 4.98 Å². The van der Waals surface area contributed by atoms with Crippen LogP contribution in [0, 0.1) is 0 Å². The molecule has 1 aromatic rings. The van der Waals surface area contributed by atoms with Gasteiger partial charge in [-0.2, -0.15) is 0 Å². The fourth-order valence-electron chi connectivity index (χ4n) is 0.605. The first-order valence-electron chi connectivity index (χ1n) is 3.00. The molecule has 0 radical (unpaired) electrons. The van der Waals surface area contributed by atoms with Gasteiger partial charge in [0.05, 0.1) is 5.69 Å². The molecular formula is C6H10N2O. The highest BCUT2D eigenvalue weighted by molar-refractivity contribution is 4.94. The third-order valence-electron chi connectivity index (χ3n) is 1.11. The van der Waals surface area contributed by atoms with E-state index in [1.54, 1.807) is 6.26 Å². The molecule has 2 N–H and O–H groups in total. The number of hydrogen-bond acceptors (Lipinski definition) is 3. The molecule has 0 aliphatic heterocycles. The molecule has 1 aromatic heterocycles. The number of hydrogen-bond donors (Lipinski definition) is 1. The number of aryl methyl sites for hydroxylation is 1. The van der Waals surface area contributed by atoms with Crippen LogP contribution in [0.4, 0.5) is 0 Å². The van der Waals surface area contributed by atoms with E-state index in [1.165, 1.54) is 0 Å². The lowest BCUT2D eigenvalue weighted by atomic mass is 10.5. The van der Waals surface area contributed by atoms with Crippen molar-refractivity contribution in [2.75, 3.05) is 0 Å². The zero-order valence-corrected chi connectivity index (χ0v) is 5.42. The Bertz CT molecular complexity index is 164. The smallest absolute Gasteiger partial charge is 0.193 e. The number of rotatable bonds is 2. The third kappa shape index (κ3) is 1.29. The van der Waals surface area contributed by atoms with Gasteiger partial charge in [-0.05, 0) is 0 Å². The van der Waals surface area contributed by atoms with Crippen LogP contribution in [-0.4, -0.2) is 4.98 Å². The predicted molar refractivity (Wildman–Crippen MR) is 33.8 cm³/mol. The summed E-state index contributed by atoms with van der Waals surface area (Å²) < 4.78 is 5.01. The molecule has 0 aliphatic carbocycles. The van der Waals surface area contributed by atoms with Gasteiger partial charge in [0.25, 0.3) is 0 Å². The molecule has 50 valence electrons. The molecule has 0 unspecified atom stereocenters. The van der Waals surface area contributed by atoms with Gasteiger partial charge in [0, 0.05) is 13.0 Å². The minimum atomic E-state index is 0.462. The van der Waals surface area contributed by atoms with Crippen molar-refractivity contribution in [3.05, 3.63) is 17.8 Å². The molecule has 3 nitrogen and oxygen atoms in total. The Morgan fingerprint density at radius 2 is 2.56 bits per heavy atom. The van der Waals surface area contributed by atoms with Crippen molar-refractivity contribution in [2.24, 2.45) is 5.73 Å². The minimum Gasteiger partial charge on any atom is -0.449 e. The number of aromatic nitrogens is 1. The van der Waals surface area contributed by atoms with E-state index in [4.69, 9.17) is 10.2 Å². The van der Waals surface area contributed by atoms with Gasteiger partial charge in [-0.15, -0.1) is 0 Å². The summed E-state index contributed by atoms with van der Waals surface area (Å²) in [5.41, 5.74) is 6.12. The van der Waals surface area contributed by atoms with Crippen LogP contribution in [0.1, 0.15) is 18.5 Å². The van der Waals surface area contributed by atoms with Crippen molar-refractivity contribution in [2.45, 2.75) is 19.9 Å². The molecular weight excluding hydrogens is 116 g/mol. The summed E-state index contributed by atoms with van der Waals surface area (Å²) in [5, 5.41) is 0. The summed E-state index contributed by atoms with van der Waals surface area (Å²) in [4.78, 5) is 4.06. The van der Waals surface area contributed by atoms with Gasteiger partial charge in [-0.25, -0.2) is 4.98 Å². The SMILES string of the molecule is CCc1nc(CN)co1. The van der Waals surface area contributed by atoms with Crippen LogP contribution in [0.2, 0.25) is 0 Å². The monoisotopic (exact) mass is 126 g/mol. The van der Waals surface area contributed by atoms with Crippen molar-refractivity contribution >= 4 is 0 Å². The average molecular weight is 126 g/mol. The van der Waals surface area contributed by atoms with Crippen LogP contribution in [0.25, 0.3) is 0 Å². The lowest BCUT2D eigenvalue weighted by Crippen LogP contribution is -1.95. The van der Waals surface area contributed by atoms with E-state index in [-0.39, 0.29) is 0 Å². The summed E-state index contributed by atoms with van der Waals surface area (Å²) in [6.45, 7) is 2.45. The fraction of sp³-hybridized carbons (Fsp3) is 0.500. The Morgan fingerprint density at radius 1 is 1.78 bits per heavy atom. The predicted octanol–water partition coefficient (Wildman–Crippen LogP) is 0.696. The molecule has 0 aromatic carbocycles. The van der Waals surface area contributed by atoms with Gasteiger partial charge in [0.2, 0.25) is 0 Å². The molecule has 0 saturated heterocycles. The lowest BCUT2D eigenvalue weighted by Gasteiger charge is -1.80. The molecule has 0 spiro atoms. The van der Waals surface area contributed by atoms with Gasteiger partial charge < -0.3 is 10.2 Å². The van der Waals surface area contributed by atoms with Gasteiger partial charge in [-0.1, -0.05) is 6.92 Å². The van der Waals surface area contributed by atoms with Crippen LogP contribution in [0.5, 0.6) is 0 Å². The highest BCUT2D eigenvalue weighted by Crippen LogP contribution is 2.00. The second-order valence-corrected chi connectivity index (χ2v) is 1.79. The van der Waals surface area contributed by atoms with Gasteiger partial charge in [0.15, 0.2) is 5.89 Å². The Morgan fingerprint density at radius 3 is 2.89 bits per heavy atom. The lowest BCUT2D eigenvalue weighted by molar-refractivity contribution is 0.501. The van der Waals surface area contributed by atoms with Crippen molar-refractivity contribution in [3.8, 4) is 0 Å². The molecule has 0 fully saturated rings. The second kappa shape index (κ2) is 2.64. The molecule has 1 heterocycles. The van der Waals surface area contributed by atoms with E-state index in [0.717, 1.165) is 18.0 Å². The Hall–Kier alpha value is -0.830. The van der Waals surface area contributed by atoms with Gasteiger partial charge in [0.1, 0.15) is 6.26 Å². The van der Waals surface area contributed by atoms with Crippen LogP contribution in [0.3, 0.4) is 0 Å². The topological polar surface area (TPSA) is 52.0 Å². The molecule has 1 rings (SSSR count). The third-order valence-corrected chi connectivity index (χ3v) is 1.11. The molecule has 0 atom stereocenters. The zero-order chi connectivity index (χ0) is 6.69. The fourth-order valence-corrected chi connectivity index (χ4v) is 0.605. The summed E-state index contributed by atoms with van der Waals surface area (Å²) in [6, 6.07) is 0. The van der Waals surface area contributed by atoms with Gasteiger partial charge >= 0.3 is 0 Å². The molecule has 0 saturated carbocycles. The average Bonchev–Trinajstić information content (AvgIpc) is 2.34. The number of nitrogens with two attached hydrogens (primary N) is 1. The Balaban J connectivity index is 2.74. The van der Waals surface area contributed by atoms with Crippen LogP contribution in [-0.2, 0) is 13.0 Å². The van der Waals surface area contributed by atoms with E-state index < -0.39 is 0 Å². The number of oxazole rings is 1. The summed E-state index contributed by atoms with van der Waals surface area (Å²) in [7, 11) is 0. The normalized spacial score (nSPS) is 10.0. The maximum atomic E-state index is 5.30. The molecule has 0 aliphatic rings. The van der Waals surface area contributed by atoms with Crippen LogP contribution < -0.4 is 5.73 Å². The van der Waals surface area contributed by atoms with Crippen molar-refractivity contribution < 1.29 is 4.42 Å². The standard InChI is InChI=1S/C6H10N2O/c1-2-6-8-5(3-7)4-9-6/h4H,2-3,7H2,1H3. The van der Waals surface area contributed by atoms with E-state index in [9.17, 15) is 0 Å². The summed E-state index contributed by atoms with van der Waals surface area (Å²) in [6.07, 6.45) is 2.43. The van der Waals surface area contributed by atoms with E-state index in [1.807, 2.05) is 6.92 Å². The quantitative estimate of drug-likeness (QED) is 0.634. The largest absolute Gasteiger partial charge is 0.449 e. The summed E-state index contributed by atoms with van der Waals surface area (Å²) >= 11 is 0.